The molecule has 0 amide bonds. The maximum absolute atomic E-state index is 4.54. The van der Waals surface area contributed by atoms with Crippen molar-refractivity contribution >= 4 is 24.3 Å². The van der Waals surface area contributed by atoms with Crippen LogP contribution in [-0.4, -0.2) is 9.97 Å². The van der Waals surface area contributed by atoms with E-state index in [1.807, 2.05) is 13.8 Å². The van der Waals surface area contributed by atoms with E-state index >= 15 is 0 Å². The topological polar surface area (TPSA) is 25.8 Å². The van der Waals surface area contributed by atoms with E-state index in [0.29, 0.717) is 0 Å². The van der Waals surface area contributed by atoms with Gasteiger partial charge in [0.1, 0.15) is 0 Å². The maximum atomic E-state index is 4.54. The summed E-state index contributed by atoms with van der Waals surface area (Å²) in [6.07, 6.45) is 8.31. The maximum Gasteiger partial charge on any atom is 0.0635 e. The fourth-order valence-corrected chi connectivity index (χ4v) is 3.00. The summed E-state index contributed by atoms with van der Waals surface area (Å²) in [5.41, 5.74) is 8.87. The van der Waals surface area contributed by atoms with Crippen LogP contribution in [0, 0.1) is 27.7 Å². The van der Waals surface area contributed by atoms with Crippen LogP contribution in [0.25, 0.3) is 24.3 Å². The van der Waals surface area contributed by atoms with Gasteiger partial charge in [0.2, 0.25) is 0 Å². The molecule has 2 aromatic heterocycles. The Labute approximate surface area is 156 Å². The van der Waals surface area contributed by atoms with E-state index in [1.54, 1.807) is 0 Å². The molecule has 0 N–H and O–H groups in total. The molecule has 0 saturated heterocycles. The van der Waals surface area contributed by atoms with Gasteiger partial charge in [-0.2, -0.15) is 0 Å². The van der Waals surface area contributed by atoms with Crippen molar-refractivity contribution in [3.63, 3.8) is 0 Å². The third kappa shape index (κ3) is 5.00. The van der Waals surface area contributed by atoms with Gasteiger partial charge >= 0.3 is 0 Å². The van der Waals surface area contributed by atoms with Crippen LogP contribution in [0.4, 0.5) is 0 Å². The molecule has 0 bridgehead atoms. The second kappa shape index (κ2) is 7.92. The predicted molar refractivity (Wildman–Crippen MR) is 112 cm³/mol. The summed E-state index contributed by atoms with van der Waals surface area (Å²) in [5, 5.41) is 0. The van der Waals surface area contributed by atoms with Crippen LogP contribution in [0.15, 0.2) is 48.5 Å². The second-order valence-corrected chi connectivity index (χ2v) is 6.75. The van der Waals surface area contributed by atoms with Crippen molar-refractivity contribution in [2.75, 3.05) is 0 Å². The zero-order valence-corrected chi connectivity index (χ0v) is 15.8. The molecule has 0 aliphatic rings. The van der Waals surface area contributed by atoms with E-state index < -0.39 is 0 Å². The van der Waals surface area contributed by atoms with Gasteiger partial charge in [0.25, 0.3) is 0 Å². The fourth-order valence-electron chi connectivity index (χ4n) is 3.00. The van der Waals surface area contributed by atoms with Crippen LogP contribution in [0.3, 0.4) is 0 Å². The van der Waals surface area contributed by atoms with Crippen molar-refractivity contribution in [3.8, 4) is 0 Å². The Morgan fingerprint density at radius 3 is 1.27 bits per heavy atom. The zero-order chi connectivity index (χ0) is 18.5. The Bertz CT molecular complexity index is 843. The molecule has 0 aliphatic carbocycles. The smallest absolute Gasteiger partial charge is 0.0635 e. The molecule has 26 heavy (non-hydrogen) atoms. The lowest BCUT2D eigenvalue weighted by Crippen LogP contribution is -1.87. The largest absolute Gasteiger partial charge is 0.254 e. The van der Waals surface area contributed by atoms with Gasteiger partial charge in [-0.1, -0.05) is 36.4 Å². The first-order valence-corrected chi connectivity index (χ1v) is 8.85. The normalized spacial score (nSPS) is 11.5. The summed E-state index contributed by atoms with van der Waals surface area (Å²) in [4.78, 5) is 9.08. The van der Waals surface area contributed by atoms with Crippen molar-refractivity contribution in [3.05, 3.63) is 93.6 Å². The Morgan fingerprint density at radius 2 is 0.923 bits per heavy atom. The quantitative estimate of drug-likeness (QED) is 0.577. The Kier molecular flexibility index (Phi) is 5.43. The molecule has 0 fully saturated rings. The molecule has 130 valence electrons. The molecule has 0 radical (unpaired) electrons. The molecule has 2 heteroatoms. The minimum Gasteiger partial charge on any atom is -0.254 e. The standard InChI is InChI=1S/C24H24N2/c1-17-13-19(3)25-23(15-17)11-9-21-5-7-22(8-6-21)10-12-24-16-18(2)14-20(4)26-24/h5-16H,1-4H3/b11-9-,12-10-. The summed E-state index contributed by atoms with van der Waals surface area (Å²) in [5.74, 6) is 0. The zero-order valence-electron chi connectivity index (χ0n) is 15.8. The van der Waals surface area contributed by atoms with E-state index in [1.165, 1.54) is 11.1 Å². The predicted octanol–water partition coefficient (Wildman–Crippen LogP) is 6.05. The first kappa shape index (κ1) is 17.8. The molecule has 0 atom stereocenters. The molecule has 0 aliphatic heterocycles. The van der Waals surface area contributed by atoms with Crippen LogP contribution in [-0.2, 0) is 0 Å². The number of aryl methyl sites for hydroxylation is 4. The van der Waals surface area contributed by atoms with Crippen molar-refractivity contribution < 1.29 is 0 Å². The fraction of sp³-hybridized carbons (Fsp3) is 0.167. The van der Waals surface area contributed by atoms with Gasteiger partial charge in [-0.25, -0.2) is 0 Å². The lowest BCUT2D eigenvalue weighted by atomic mass is 10.1. The third-order valence-corrected chi connectivity index (χ3v) is 4.06. The van der Waals surface area contributed by atoms with E-state index in [4.69, 9.17) is 0 Å². The molecular formula is C24H24N2. The first-order chi connectivity index (χ1) is 12.5. The van der Waals surface area contributed by atoms with E-state index in [2.05, 4.69) is 96.7 Å². The molecule has 0 saturated carbocycles. The number of nitrogens with zero attached hydrogens (tertiary/aromatic N) is 2. The number of aromatic nitrogens is 2. The number of pyridine rings is 2. The molecule has 1 aromatic carbocycles. The number of hydrogen-bond donors (Lipinski definition) is 0. The molecule has 2 nitrogen and oxygen atoms in total. The minimum absolute atomic E-state index is 0.993. The molecule has 0 unspecified atom stereocenters. The number of rotatable bonds is 4. The van der Waals surface area contributed by atoms with Crippen molar-refractivity contribution in [1.82, 2.24) is 9.97 Å². The average molecular weight is 340 g/mol. The van der Waals surface area contributed by atoms with Gasteiger partial charge in [0.15, 0.2) is 0 Å². The Hall–Kier alpha value is -3.00. The van der Waals surface area contributed by atoms with Gasteiger partial charge in [0.05, 0.1) is 11.4 Å². The summed E-state index contributed by atoms with van der Waals surface area (Å²) in [6.45, 7) is 8.24. The van der Waals surface area contributed by atoms with Crippen LogP contribution in [0.5, 0.6) is 0 Å². The van der Waals surface area contributed by atoms with Crippen LogP contribution in [0.1, 0.15) is 45.0 Å². The highest BCUT2D eigenvalue weighted by molar-refractivity contribution is 5.71. The van der Waals surface area contributed by atoms with Crippen molar-refractivity contribution in [1.29, 1.82) is 0 Å². The lowest BCUT2D eigenvalue weighted by Gasteiger charge is -2.00. The minimum atomic E-state index is 0.993. The van der Waals surface area contributed by atoms with Crippen molar-refractivity contribution in [2.24, 2.45) is 0 Å². The van der Waals surface area contributed by atoms with Gasteiger partial charge < -0.3 is 0 Å². The Morgan fingerprint density at radius 1 is 0.538 bits per heavy atom. The average Bonchev–Trinajstić information content (AvgIpc) is 2.57. The first-order valence-electron chi connectivity index (χ1n) is 8.85. The van der Waals surface area contributed by atoms with Gasteiger partial charge in [-0.3, -0.25) is 9.97 Å². The summed E-state index contributed by atoms with van der Waals surface area (Å²) < 4.78 is 0. The number of hydrogen-bond acceptors (Lipinski definition) is 2. The SMILES string of the molecule is Cc1cc(C)nc(/C=C\c2ccc(/C=C\c3cc(C)cc(C)n3)cc2)c1. The van der Waals surface area contributed by atoms with E-state index in [0.717, 1.165) is 33.9 Å². The Balaban J connectivity index is 1.71. The van der Waals surface area contributed by atoms with E-state index in [9.17, 15) is 0 Å². The highest BCUT2D eigenvalue weighted by atomic mass is 14.7. The van der Waals surface area contributed by atoms with Crippen LogP contribution in [0.2, 0.25) is 0 Å². The molecule has 3 aromatic rings. The third-order valence-electron chi connectivity index (χ3n) is 4.06. The van der Waals surface area contributed by atoms with E-state index in [-0.39, 0.29) is 0 Å². The van der Waals surface area contributed by atoms with Crippen LogP contribution >= 0.6 is 0 Å². The molecular weight excluding hydrogens is 316 g/mol. The summed E-state index contributed by atoms with van der Waals surface area (Å²) >= 11 is 0. The van der Waals surface area contributed by atoms with Gasteiger partial charge in [0, 0.05) is 11.4 Å². The summed E-state index contributed by atoms with van der Waals surface area (Å²) in [7, 11) is 0. The highest BCUT2D eigenvalue weighted by Crippen LogP contribution is 2.13. The van der Waals surface area contributed by atoms with Crippen molar-refractivity contribution in [2.45, 2.75) is 27.7 Å². The summed E-state index contributed by atoms with van der Waals surface area (Å²) in [6, 6.07) is 16.8. The highest BCUT2D eigenvalue weighted by Gasteiger charge is 1.96. The van der Waals surface area contributed by atoms with Gasteiger partial charge in [-0.05, 0) is 86.4 Å². The molecule has 2 heterocycles. The second-order valence-electron chi connectivity index (χ2n) is 6.75. The lowest BCUT2D eigenvalue weighted by molar-refractivity contribution is 1.16. The monoisotopic (exact) mass is 340 g/mol. The van der Waals surface area contributed by atoms with Gasteiger partial charge in [-0.15, -0.1) is 0 Å². The molecule has 3 rings (SSSR count). The molecule has 0 spiro atoms. The number of benzene rings is 1. The van der Waals surface area contributed by atoms with Crippen LogP contribution < -0.4 is 0 Å².